The lowest BCUT2D eigenvalue weighted by molar-refractivity contribution is -0.311. The van der Waals surface area contributed by atoms with Gasteiger partial charge in [0.05, 0.1) is 18.3 Å². The smallest absolute Gasteiger partial charge is 0.340 e. The molecule has 9 atom stereocenters. The van der Waals surface area contributed by atoms with E-state index in [9.17, 15) is 35.4 Å². The van der Waals surface area contributed by atoms with Gasteiger partial charge in [0.15, 0.2) is 11.9 Å². The number of esters is 1. The van der Waals surface area contributed by atoms with Crippen LogP contribution < -0.4 is 0 Å². The number of carbonyl (C=O) groups excluding carboxylic acids is 1. The van der Waals surface area contributed by atoms with Crippen molar-refractivity contribution in [3.8, 4) is 0 Å². The molecule has 0 saturated carbocycles. The van der Waals surface area contributed by atoms with E-state index < -0.39 is 67.2 Å². The van der Waals surface area contributed by atoms with Crippen molar-refractivity contribution in [2.45, 2.75) is 108 Å². The highest BCUT2D eigenvalue weighted by Crippen LogP contribution is 2.25. The lowest BCUT2D eigenvalue weighted by Gasteiger charge is -2.41. The van der Waals surface area contributed by atoms with E-state index in [1.165, 1.54) is 13.8 Å². The molecule has 1 saturated heterocycles. The molecule has 10 nitrogen and oxygen atoms in total. The fourth-order valence-corrected chi connectivity index (χ4v) is 2.99. The Kier molecular flexibility index (Phi) is 10.4. The number of ether oxygens (including phenoxy) is 3. The molecule has 0 bridgehead atoms. The second kappa shape index (κ2) is 11.5. The average Bonchev–Trinajstić information content (AvgIpc) is 2.70. The zero-order chi connectivity index (χ0) is 22.4. The highest BCUT2D eigenvalue weighted by molar-refractivity contribution is 5.80. The monoisotopic (exact) mass is 424 g/mol. The standard InChI is InChI=1S/C19H36O10/c1-5-12(21)8-7-10(3)28-17-16(24)15(23)14(22)13(29-17)9-27-18(25)19(26,6-2)11(4)20/h10-17,20-24,26H,5-9H2,1-4H3. The molecule has 0 amide bonds. The van der Waals surface area contributed by atoms with Crippen molar-refractivity contribution >= 4 is 5.97 Å². The van der Waals surface area contributed by atoms with Gasteiger partial charge in [-0.3, -0.25) is 0 Å². The fourth-order valence-electron chi connectivity index (χ4n) is 2.99. The van der Waals surface area contributed by atoms with Crippen molar-refractivity contribution in [3.63, 3.8) is 0 Å². The number of rotatable bonds is 11. The molecule has 0 aromatic carbocycles. The highest BCUT2D eigenvalue weighted by Gasteiger charge is 2.46. The summed E-state index contributed by atoms with van der Waals surface area (Å²) in [6, 6.07) is 0. The minimum atomic E-state index is -2.11. The predicted molar refractivity (Wildman–Crippen MR) is 101 cm³/mol. The Labute approximate surface area is 171 Å². The summed E-state index contributed by atoms with van der Waals surface area (Å²) in [7, 11) is 0. The van der Waals surface area contributed by atoms with Crippen LogP contribution >= 0.6 is 0 Å². The van der Waals surface area contributed by atoms with Crippen molar-refractivity contribution in [1.29, 1.82) is 0 Å². The van der Waals surface area contributed by atoms with Crippen molar-refractivity contribution in [2.24, 2.45) is 0 Å². The molecule has 10 heteroatoms. The zero-order valence-corrected chi connectivity index (χ0v) is 17.5. The molecule has 172 valence electrons. The lowest BCUT2D eigenvalue weighted by atomic mass is 9.95. The maximum atomic E-state index is 12.1. The normalized spacial score (nSPS) is 32.8. The van der Waals surface area contributed by atoms with Gasteiger partial charge in [0.25, 0.3) is 0 Å². The van der Waals surface area contributed by atoms with E-state index in [-0.39, 0.29) is 6.42 Å². The van der Waals surface area contributed by atoms with Gasteiger partial charge in [0.2, 0.25) is 0 Å². The maximum absolute atomic E-state index is 12.1. The van der Waals surface area contributed by atoms with E-state index in [2.05, 4.69) is 0 Å². The van der Waals surface area contributed by atoms with Gasteiger partial charge < -0.3 is 44.8 Å². The van der Waals surface area contributed by atoms with Gasteiger partial charge >= 0.3 is 5.97 Å². The number of aliphatic hydroxyl groups is 6. The molecular formula is C19H36O10. The summed E-state index contributed by atoms with van der Waals surface area (Å²) in [5.74, 6) is -1.09. The highest BCUT2D eigenvalue weighted by atomic mass is 16.7. The Balaban J connectivity index is 2.70. The molecule has 1 aliphatic rings. The van der Waals surface area contributed by atoms with Crippen LogP contribution in [0.4, 0.5) is 0 Å². The van der Waals surface area contributed by atoms with E-state index in [0.717, 1.165) is 0 Å². The topological polar surface area (TPSA) is 166 Å². The van der Waals surface area contributed by atoms with Crippen molar-refractivity contribution in [2.75, 3.05) is 6.61 Å². The number of hydrogen-bond donors (Lipinski definition) is 6. The minimum absolute atomic E-state index is 0.0915. The van der Waals surface area contributed by atoms with Gasteiger partial charge in [-0.25, -0.2) is 4.79 Å². The van der Waals surface area contributed by atoms with Crippen LogP contribution in [0.2, 0.25) is 0 Å². The summed E-state index contributed by atoms with van der Waals surface area (Å²) in [6.45, 7) is 5.79. The molecular weight excluding hydrogens is 388 g/mol. The summed E-state index contributed by atoms with van der Waals surface area (Å²) >= 11 is 0. The molecule has 1 rings (SSSR count). The summed E-state index contributed by atoms with van der Waals surface area (Å²) in [5, 5.41) is 59.8. The van der Waals surface area contributed by atoms with Crippen LogP contribution in [0.3, 0.4) is 0 Å². The third-order valence-corrected chi connectivity index (χ3v) is 5.37. The summed E-state index contributed by atoms with van der Waals surface area (Å²) < 4.78 is 16.1. The number of carbonyl (C=O) groups is 1. The largest absolute Gasteiger partial charge is 0.461 e. The van der Waals surface area contributed by atoms with Gasteiger partial charge in [-0.15, -0.1) is 0 Å². The Bertz CT molecular complexity index is 501. The number of hydrogen-bond acceptors (Lipinski definition) is 10. The van der Waals surface area contributed by atoms with Crippen LogP contribution in [0.25, 0.3) is 0 Å². The van der Waals surface area contributed by atoms with Crippen molar-refractivity contribution in [1.82, 2.24) is 0 Å². The van der Waals surface area contributed by atoms with Gasteiger partial charge in [-0.1, -0.05) is 13.8 Å². The summed E-state index contributed by atoms with van der Waals surface area (Å²) in [5.41, 5.74) is -2.11. The van der Waals surface area contributed by atoms with E-state index >= 15 is 0 Å². The van der Waals surface area contributed by atoms with Crippen LogP contribution in [0.1, 0.15) is 53.4 Å². The Morgan fingerprint density at radius 2 is 1.69 bits per heavy atom. The maximum Gasteiger partial charge on any atom is 0.340 e. The molecule has 29 heavy (non-hydrogen) atoms. The first-order chi connectivity index (χ1) is 13.5. The molecule has 0 spiro atoms. The lowest BCUT2D eigenvalue weighted by Crippen LogP contribution is -2.60. The Hall–Kier alpha value is -0.850. The zero-order valence-electron chi connectivity index (χ0n) is 17.5. The van der Waals surface area contributed by atoms with Crippen molar-refractivity contribution in [3.05, 3.63) is 0 Å². The van der Waals surface area contributed by atoms with Crippen LogP contribution in [0.15, 0.2) is 0 Å². The average molecular weight is 424 g/mol. The molecule has 0 aromatic heterocycles. The molecule has 1 fully saturated rings. The molecule has 1 aliphatic heterocycles. The third kappa shape index (κ3) is 6.83. The first-order valence-electron chi connectivity index (χ1n) is 10.1. The van der Waals surface area contributed by atoms with Crippen molar-refractivity contribution < 1.29 is 49.6 Å². The second-order valence-electron chi connectivity index (χ2n) is 7.65. The van der Waals surface area contributed by atoms with Crippen LogP contribution in [0.5, 0.6) is 0 Å². The fraction of sp³-hybridized carbons (Fsp3) is 0.947. The summed E-state index contributed by atoms with van der Waals surface area (Å²) in [6.07, 6.45) is -7.97. The third-order valence-electron chi connectivity index (χ3n) is 5.37. The summed E-state index contributed by atoms with van der Waals surface area (Å²) in [4.78, 5) is 12.1. The number of aliphatic hydroxyl groups excluding tert-OH is 5. The molecule has 0 aromatic rings. The van der Waals surface area contributed by atoms with Gasteiger partial charge in [-0.05, 0) is 39.5 Å². The Morgan fingerprint density at radius 1 is 1.07 bits per heavy atom. The first kappa shape index (κ1) is 26.2. The van der Waals surface area contributed by atoms with Crippen LogP contribution in [-0.2, 0) is 19.0 Å². The SMILES string of the molecule is CCC(O)CCC(C)OC1OC(COC(=O)C(O)(CC)C(C)O)C(O)C(O)C1O. The van der Waals surface area contributed by atoms with Gasteiger partial charge in [-0.2, -0.15) is 0 Å². The molecule has 0 aliphatic carbocycles. The predicted octanol–water partition coefficient (Wildman–Crippen LogP) is -1.18. The van der Waals surface area contributed by atoms with Gasteiger partial charge in [0.1, 0.15) is 31.0 Å². The van der Waals surface area contributed by atoms with E-state index in [1.54, 1.807) is 6.92 Å². The van der Waals surface area contributed by atoms with E-state index in [4.69, 9.17) is 14.2 Å². The molecule has 0 radical (unpaired) electrons. The Morgan fingerprint density at radius 3 is 2.21 bits per heavy atom. The van der Waals surface area contributed by atoms with Crippen LogP contribution in [0, 0.1) is 0 Å². The second-order valence-corrected chi connectivity index (χ2v) is 7.65. The quantitative estimate of drug-likeness (QED) is 0.222. The molecule has 6 N–H and O–H groups in total. The van der Waals surface area contributed by atoms with E-state index in [0.29, 0.717) is 19.3 Å². The van der Waals surface area contributed by atoms with Crippen LogP contribution in [-0.4, -0.2) is 97.8 Å². The molecule has 9 unspecified atom stereocenters. The molecule has 1 heterocycles. The minimum Gasteiger partial charge on any atom is -0.461 e. The van der Waals surface area contributed by atoms with E-state index in [1.807, 2.05) is 6.92 Å². The van der Waals surface area contributed by atoms with Gasteiger partial charge in [0, 0.05) is 0 Å². The first-order valence-corrected chi connectivity index (χ1v) is 10.1.